The van der Waals surface area contributed by atoms with E-state index in [1.54, 1.807) is 0 Å². The van der Waals surface area contributed by atoms with Gasteiger partial charge in [0.1, 0.15) is 0 Å². The van der Waals surface area contributed by atoms with E-state index in [2.05, 4.69) is 41.4 Å². The Labute approximate surface area is 273 Å². The highest BCUT2D eigenvalue weighted by Gasteiger charge is 2.62. The molecule has 0 aromatic heterocycles. The molecule has 11 atom stereocenters. The highest BCUT2D eigenvalue weighted by Crippen LogP contribution is 2.68. The zero-order valence-electron chi connectivity index (χ0n) is 28.7. The van der Waals surface area contributed by atoms with Crippen LogP contribution in [0.3, 0.4) is 0 Å². The van der Waals surface area contributed by atoms with Gasteiger partial charge in [0, 0.05) is 17.5 Å². The number of fused-ring (bicyclic) bond motifs is 5. The standard InChI is InChI=1S/C34H63N5O5S/c1-23(2)31(44-45(41,42)43)12-9-24(3)27-10-11-28-32-29(14-16-34(27,28)5)33(4)15-13-26(21-25(33)22-30(32)40)37-19-8-18-36-17-6-7-20-38-39-35/h23-32,36-37,40H,6-22H2,1-5H3,(H,41,42,43)/t24-,25-,26+,27-,28?,29?,30?,31-,32?,33+,34-/m1/s1. The number of unbranched alkanes of at least 4 members (excludes halogenated alkanes) is 1. The van der Waals surface area contributed by atoms with Crippen molar-refractivity contribution in [1.29, 1.82) is 0 Å². The van der Waals surface area contributed by atoms with Crippen LogP contribution in [-0.4, -0.2) is 62.5 Å². The first-order valence-electron chi connectivity index (χ1n) is 18.1. The number of nitrogens with zero attached hydrogens (tertiary/aromatic N) is 3. The second-order valence-electron chi connectivity index (χ2n) is 16.1. The molecule has 0 aromatic rings. The summed E-state index contributed by atoms with van der Waals surface area (Å²) in [6.45, 7) is 14.8. The lowest BCUT2D eigenvalue weighted by atomic mass is 9.43. The van der Waals surface area contributed by atoms with Gasteiger partial charge >= 0.3 is 10.4 Å². The minimum absolute atomic E-state index is 0.00737. The van der Waals surface area contributed by atoms with Crippen LogP contribution in [0.4, 0.5) is 0 Å². The van der Waals surface area contributed by atoms with Crippen molar-refractivity contribution in [3.63, 3.8) is 0 Å². The summed E-state index contributed by atoms with van der Waals surface area (Å²) in [6, 6.07) is 0.542. The van der Waals surface area contributed by atoms with E-state index in [9.17, 15) is 18.1 Å². The van der Waals surface area contributed by atoms with Crippen LogP contribution < -0.4 is 10.6 Å². The fourth-order valence-electron chi connectivity index (χ4n) is 10.8. The van der Waals surface area contributed by atoms with Gasteiger partial charge in [-0.15, -0.1) is 0 Å². The Hall–Kier alpha value is -0.940. The van der Waals surface area contributed by atoms with E-state index >= 15 is 0 Å². The topological polar surface area (TPSA) is 157 Å². The Balaban J connectivity index is 1.28. The molecule has 4 rings (SSSR count). The summed E-state index contributed by atoms with van der Waals surface area (Å²) in [4.78, 5) is 2.80. The van der Waals surface area contributed by atoms with Crippen molar-refractivity contribution in [3.05, 3.63) is 10.4 Å². The van der Waals surface area contributed by atoms with Gasteiger partial charge in [-0.1, -0.05) is 39.7 Å². The van der Waals surface area contributed by atoms with Crippen LogP contribution in [-0.2, 0) is 14.6 Å². The first-order valence-corrected chi connectivity index (χ1v) is 19.5. The highest BCUT2D eigenvalue weighted by atomic mass is 32.3. The number of nitrogens with one attached hydrogen (secondary N) is 2. The second-order valence-corrected chi connectivity index (χ2v) is 17.1. The molecule has 4 unspecified atom stereocenters. The molecule has 4 aliphatic carbocycles. The van der Waals surface area contributed by atoms with Crippen molar-refractivity contribution in [2.75, 3.05) is 26.2 Å². The Kier molecular flexibility index (Phi) is 13.1. The van der Waals surface area contributed by atoms with E-state index in [0.717, 1.165) is 51.7 Å². The van der Waals surface area contributed by atoms with Crippen LogP contribution in [0, 0.1) is 52.3 Å². The van der Waals surface area contributed by atoms with Gasteiger partial charge in [0.05, 0.1) is 12.2 Å². The second kappa shape index (κ2) is 16.0. The van der Waals surface area contributed by atoms with Gasteiger partial charge in [0.15, 0.2) is 0 Å². The Morgan fingerprint density at radius 2 is 1.67 bits per heavy atom. The summed E-state index contributed by atoms with van der Waals surface area (Å²) in [5.41, 5.74) is 8.86. The minimum Gasteiger partial charge on any atom is -0.393 e. The van der Waals surface area contributed by atoms with Gasteiger partial charge in [-0.3, -0.25) is 4.55 Å². The monoisotopic (exact) mass is 653 g/mol. The zero-order valence-corrected chi connectivity index (χ0v) is 29.5. The lowest BCUT2D eigenvalue weighted by Crippen LogP contribution is -2.59. The molecule has 0 heterocycles. The van der Waals surface area contributed by atoms with E-state index in [0.29, 0.717) is 59.9 Å². The number of azide groups is 1. The van der Waals surface area contributed by atoms with Crippen molar-refractivity contribution in [1.82, 2.24) is 10.6 Å². The van der Waals surface area contributed by atoms with Crippen LogP contribution >= 0.6 is 0 Å². The summed E-state index contributed by atoms with van der Waals surface area (Å²) in [6.07, 6.45) is 13.2. The van der Waals surface area contributed by atoms with Gasteiger partial charge < -0.3 is 15.7 Å². The molecular weight excluding hydrogens is 590 g/mol. The first-order chi connectivity index (χ1) is 21.3. The summed E-state index contributed by atoms with van der Waals surface area (Å²) in [5, 5.41) is 22.7. The van der Waals surface area contributed by atoms with Crippen molar-refractivity contribution in [2.24, 2.45) is 57.4 Å². The Morgan fingerprint density at radius 1 is 0.956 bits per heavy atom. The molecule has 0 saturated heterocycles. The van der Waals surface area contributed by atoms with Crippen LogP contribution in [0.25, 0.3) is 10.4 Å². The fourth-order valence-corrected chi connectivity index (χ4v) is 11.4. The van der Waals surface area contributed by atoms with Gasteiger partial charge in [0.2, 0.25) is 0 Å². The number of hydrogen-bond donors (Lipinski definition) is 4. The van der Waals surface area contributed by atoms with Gasteiger partial charge in [-0.05, 0) is 161 Å². The molecule has 4 saturated carbocycles. The van der Waals surface area contributed by atoms with E-state index in [1.165, 1.54) is 44.9 Å². The van der Waals surface area contributed by atoms with Crippen LogP contribution in [0.15, 0.2) is 5.11 Å². The number of aliphatic hydroxyl groups is 1. The normalized spacial score (nSPS) is 37.7. The molecule has 45 heavy (non-hydrogen) atoms. The average Bonchev–Trinajstić information content (AvgIpc) is 3.33. The minimum atomic E-state index is -4.46. The van der Waals surface area contributed by atoms with E-state index < -0.39 is 16.5 Å². The maximum atomic E-state index is 11.8. The third-order valence-corrected chi connectivity index (χ3v) is 13.7. The molecule has 4 aliphatic rings. The van der Waals surface area contributed by atoms with E-state index in [4.69, 9.17) is 9.71 Å². The quantitative estimate of drug-likeness (QED) is 0.0437. The number of rotatable bonds is 17. The predicted molar refractivity (Wildman–Crippen MR) is 179 cm³/mol. The van der Waals surface area contributed by atoms with E-state index in [1.807, 2.05) is 13.8 Å². The number of aliphatic hydroxyl groups excluding tert-OH is 1. The van der Waals surface area contributed by atoms with Crippen molar-refractivity contribution in [2.45, 2.75) is 136 Å². The van der Waals surface area contributed by atoms with Gasteiger partial charge in [-0.25, -0.2) is 4.18 Å². The molecule has 0 aliphatic heterocycles. The molecule has 0 radical (unpaired) electrons. The van der Waals surface area contributed by atoms with Crippen molar-refractivity contribution in [3.8, 4) is 0 Å². The zero-order chi connectivity index (χ0) is 32.8. The molecule has 4 N–H and O–H groups in total. The van der Waals surface area contributed by atoms with Crippen LogP contribution in [0.1, 0.15) is 118 Å². The molecule has 260 valence electrons. The Morgan fingerprint density at radius 3 is 2.38 bits per heavy atom. The number of hydrogen-bond acceptors (Lipinski definition) is 7. The lowest BCUT2D eigenvalue weighted by Gasteiger charge is -2.62. The van der Waals surface area contributed by atoms with Crippen LogP contribution in [0.2, 0.25) is 0 Å². The maximum absolute atomic E-state index is 11.8. The molecule has 0 spiro atoms. The molecule has 0 aromatic carbocycles. The molecular formula is C34H63N5O5S. The summed E-state index contributed by atoms with van der Waals surface area (Å²) in [5.74, 6) is 3.11. The smallest absolute Gasteiger partial charge is 0.393 e. The molecule has 0 amide bonds. The summed E-state index contributed by atoms with van der Waals surface area (Å²) < 4.78 is 37.1. The fraction of sp³-hybridized carbons (Fsp3) is 1.00. The Bertz CT molecular complexity index is 1100. The lowest BCUT2D eigenvalue weighted by molar-refractivity contribution is -0.167. The largest absolute Gasteiger partial charge is 0.397 e. The molecule has 0 bridgehead atoms. The van der Waals surface area contributed by atoms with Crippen molar-refractivity contribution < 1.29 is 22.3 Å². The predicted octanol–water partition coefficient (Wildman–Crippen LogP) is 6.90. The van der Waals surface area contributed by atoms with Gasteiger partial charge in [-0.2, -0.15) is 8.42 Å². The maximum Gasteiger partial charge on any atom is 0.397 e. The van der Waals surface area contributed by atoms with Crippen molar-refractivity contribution >= 4 is 10.4 Å². The van der Waals surface area contributed by atoms with E-state index in [-0.39, 0.29) is 17.4 Å². The highest BCUT2D eigenvalue weighted by molar-refractivity contribution is 7.80. The third-order valence-electron chi connectivity index (χ3n) is 13.2. The molecule has 10 nitrogen and oxygen atoms in total. The average molecular weight is 654 g/mol. The summed E-state index contributed by atoms with van der Waals surface area (Å²) in [7, 11) is -4.46. The summed E-state index contributed by atoms with van der Waals surface area (Å²) >= 11 is 0. The van der Waals surface area contributed by atoms with Gasteiger partial charge in [0.25, 0.3) is 0 Å². The van der Waals surface area contributed by atoms with Crippen LogP contribution in [0.5, 0.6) is 0 Å². The first kappa shape index (κ1) is 36.9. The third kappa shape index (κ3) is 8.95. The SMILES string of the molecule is CC(C)[C@@H](CC[C@@H](C)[C@H]1CCC2C3C(O)C[C@H]4C[C@@H](NCCCNCCCCN=[N+]=[N-])CC[C@]4(C)C3CC[C@@]21C)OS(=O)(=O)O. The molecule has 4 fully saturated rings. The molecule has 11 heteroatoms.